The minimum Gasteiger partial charge on any atom is -0.363 e. The van der Waals surface area contributed by atoms with Crippen LogP contribution >= 0.6 is 0 Å². The number of carbonyl (C=O) groups excluding carboxylic acids is 1. The summed E-state index contributed by atoms with van der Waals surface area (Å²) in [6.07, 6.45) is 0. The van der Waals surface area contributed by atoms with Crippen molar-refractivity contribution in [2.75, 3.05) is 55.4 Å². The molecule has 2 aromatic rings. The summed E-state index contributed by atoms with van der Waals surface area (Å²) >= 11 is 0. The summed E-state index contributed by atoms with van der Waals surface area (Å²) in [4.78, 5) is 27.7. The van der Waals surface area contributed by atoms with E-state index < -0.39 is 0 Å². The highest BCUT2D eigenvalue weighted by Crippen LogP contribution is 2.20. The lowest BCUT2D eigenvalue weighted by Crippen LogP contribution is -2.50. The maximum atomic E-state index is 12.6. The molecule has 1 N–H and O–H groups in total. The van der Waals surface area contributed by atoms with E-state index in [1.807, 2.05) is 62.9 Å². The fourth-order valence-electron chi connectivity index (χ4n) is 3.32. The molecule has 1 fully saturated rings. The maximum absolute atomic E-state index is 12.6. The Balaban J connectivity index is 1.62. The third-order valence-corrected chi connectivity index (χ3v) is 4.63. The molecule has 0 unspecified atom stereocenters. The highest BCUT2D eigenvalue weighted by atomic mass is 16.2. The third kappa shape index (κ3) is 4.67. The number of anilines is 3. The molecule has 0 saturated carbocycles. The Morgan fingerprint density at radius 1 is 0.963 bits per heavy atom. The Morgan fingerprint density at radius 3 is 2.19 bits per heavy atom. The maximum Gasteiger partial charge on any atom is 0.321 e. The van der Waals surface area contributed by atoms with Crippen molar-refractivity contribution in [1.82, 2.24) is 14.9 Å². The first-order chi connectivity index (χ1) is 12.8. The second-order valence-corrected chi connectivity index (χ2v) is 7.31. The minimum atomic E-state index is -0.0486. The van der Waals surface area contributed by atoms with Gasteiger partial charge in [0.15, 0.2) is 0 Å². The summed E-state index contributed by atoms with van der Waals surface area (Å²) in [5, 5.41) is 3.02. The number of aromatic nitrogens is 2. The number of nitrogens with one attached hydrogen (secondary N) is 1. The van der Waals surface area contributed by atoms with E-state index in [-0.39, 0.29) is 6.03 Å². The van der Waals surface area contributed by atoms with Gasteiger partial charge < -0.3 is 20.0 Å². The number of rotatable bonds is 3. The Morgan fingerprint density at radius 2 is 1.59 bits per heavy atom. The molecule has 1 aromatic heterocycles. The molecule has 0 atom stereocenters. The zero-order chi connectivity index (χ0) is 19.6. The summed E-state index contributed by atoms with van der Waals surface area (Å²) in [5.74, 6) is 2.57. The summed E-state index contributed by atoms with van der Waals surface area (Å²) in [7, 11) is 3.95. The molecular formula is C20H28N6O. The van der Waals surface area contributed by atoms with Crippen LogP contribution in [0.4, 0.5) is 22.1 Å². The van der Waals surface area contributed by atoms with Crippen LogP contribution in [0, 0.1) is 20.8 Å². The van der Waals surface area contributed by atoms with Crippen molar-refractivity contribution >= 4 is 23.4 Å². The highest BCUT2D eigenvalue weighted by molar-refractivity contribution is 5.89. The lowest BCUT2D eigenvalue weighted by molar-refractivity contribution is 0.208. The van der Waals surface area contributed by atoms with E-state index in [9.17, 15) is 4.79 Å². The number of hydrogen-bond donors (Lipinski definition) is 1. The van der Waals surface area contributed by atoms with Gasteiger partial charge in [0.1, 0.15) is 17.5 Å². The van der Waals surface area contributed by atoms with Gasteiger partial charge in [-0.05, 0) is 44.0 Å². The number of benzene rings is 1. The SMILES string of the molecule is Cc1cc(C)cc(NC(=O)N2CCN(c3cc(N(C)C)nc(C)n3)CC2)c1. The lowest BCUT2D eigenvalue weighted by Gasteiger charge is -2.35. The molecule has 3 rings (SSSR count). The van der Waals surface area contributed by atoms with Gasteiger partial charge in [-0.15, -0.1) is 0 Å². The van der Waals surface area contributed by atoms with E-state index in [0.717, 1.165) is 47.4 Å². The average Bonchev–Trinajstić information content (AvgIpc) is 2.60. The molecule has 7 nitrogen and oxygen atoms in total. The second-order valence-electron chi connectivity index (χ2n) is 7.31. The molecule has 1 aliphatic rings. The molecule has 1 saturated heterocycles. The standard InChI is InChI=1S/C20H28N6O/c1-14-10-15(2)12-17(11-14)23-20(27)26-8-6-25(7-9-26)19-13-18(24(4)5)21-16(3)22-19/h10-13H,6-9H2,1-5H3,(H,23,27). The first-order valence-corrected chi connectivity index (χ1v) is 9.24. The number of aryl methyl sites for hydroxylation is 3. The lowest BCUT2D eigenvalue weighted by atomic mass is 10.1. The molecule has 1 aliphatic heterocycles. The van der Waals surface area contributed by atoms with E-state index in [0.29, 0.717) is 13.1 Å². The molecule has 0 bridgehead atoms. The number of amides is 2. The predicted molar refractivity (Wildman–Crippen MR) is 110 cm³/mol. The van der Waals surface area contributed by atoms with Crippen molar-refractivity contribution in [3.8, 4) is 0 Å². The van der Waals surface area contributed by atoms with Gasteiger partial charge in [-0.25, -0.2) is 14.8 Å². The first-order valence-electron chi connectivity index (χ1n) is 9.24. The number of hydrogen-bond acceptors (Lipinski definition) is 5. The molecule has 0 aliphatic carbocycles. The van der Waals surface area contributed by atoms with E-state index in [1.165, 1.54) is 0 Å². The smallest absolute Gasteiger partial charge is 0.321 e. The number of nitrogens with zero attached hydrogens (tertiary/aromatic N) is 5. The molecule has 27 heavy (non-hydrogen) atoms. The van der Waals surface area contributed by atoms with Crippen LogP contribution in [0.15, 0.2) is 24.3 Å². The monoisotopic (exact) mass is 368 g/mol. The first kappa shape index (κ1) is 18.9. The fraction of sp³-hybridized carbons (Fsp3) is 0.450. The fourth-order valence-corrected chi connectivity index (χ4v) is 3.32. The van der Waals surface area contributed by atoms with Crippen LogP contribution in [0.5, 0.6) is 0 Å². The molecule has 7 heteroatoms. The third-order valence-electron chi connectivity index (χ3n) is 4.63. The summed E-state index contributed by atoms with van der Waals surface area (Å²) in [6.45, 7) is 8.81. The van der Waals surface area contributed by atoms with Crippen molar-refractivity contribution in [3.63, 3.8) is 0 Å². The van der Waals surface area contributed by atoms with Crippen molar-refractivity contribution < 1.29 is 4.79 Å². The Hall–Kier alpha value is -2.83. The molecule has 2 heterocycles. The van der Waals surface area contributed by atoms with Gasteiger partial charge in [0, 0.05) is 52.0 Å². The number of urea groups is 1. The van der Waals surface area contributed by atoms with Crippen LogP contribution in [0.25, 0.3) is 0 Å². The quantitative estimate of drug-likeness (QED) is 0.902. The van der Waals surface area contributed by atoms with Crippen LogP contribution in [-0.4, -0.2) is 61.2 Å². The normalized spacial score (nSPS) is 14.3. The number of piperazine rings is 1. The molecule has 1 aromatic carbocycles. The van der Waals surface area contributed by atoms with Crippen LogP contribution in [-0.2, 0) is 0 Å². The van der Waals surface area contributed by atoms with E-state index in [2.05, 4.69) is 26.3 Å². The zero-order valence-electron chi connectivity index (χ0n) is 16.8. The van der Waals surface area contributed by atoms with Crippen molar-refractivity contribution in [2.45, 2.75) is 20.8 Å². The summed E-state index contributed by atoms with van der Waals surface area (Å²) in [5.41, 5.74) is 3.14. The van der Waals surface area contributed by atoms with Gasteiger partial charge >= 0.3 is 6.03 Å². The summed E-state index contributed by atoms with van der Waals surface area (Å²) in [6, 6.07) is 8.03. The van der Waals surface area contributed by atoms with E-state index in [1.54, 1.807) is 0 Å². The van der Waals surface area contributed by atoms with E-state index in [4.69, 9.17) is 0 Å². The largest absolute Gasteiger partial charge is 0.363 e. The number of carbonyl (C=O) groups is 1. The Kier molecular flexibility index (Phi) is 5.48. The van der Waals surface area contributed by atoms with Crippen LogP contribution < -0.4 is 15.1 Å². The Bertz CT molecular complexity index is 807. The van der Waals surface area contributed by atoms with Gasteiger partial charge in [0.2, 0.25) is 0 Å². The van der Waals surface area contributed by atoms with Crippen molar-refractivity contribution in [3.05, 3.63) is 41.2 Å². The Labute approximate surface area is 161 Å². The summed E-state index contributed by atoms with van der Waals surface area (Å²) < 4.78 is 0. The van der Waals surface area contributed by atoms with Crippen molar-refractivity contribution in [1.29, 1.82) is 0 Å². The van der Waals surface area contributed by atoms with Crippen molar-refractivity contribution in [2.24, 2.45) is 0 Å². The molecule has 144 valence electrons. The van der Waals surface area contributed by atoms with Crippen LogP contribution in [0.2, 0.25) is 0 Å². The molecular weight excluding hydrogens is 340 g/mol. The van der Waals surface area contributed by atoms with Gasteiger partial charge in [-0.2, -0.15) is 0 Å². The minimum absolute atomic E-state index is 0.0486. The van der Waals surface area contributed by atoms with Gasteiger partial charge in [-0.3, -0.25) is 0 Å². The predicted octanol–water partition coefficient (Wildman–Crippen LogP) is 2.82. The van der Waals surface area contributed by atoms with E-state index >= 15 is 0 Å². The van der Waals surface area contributed by atoms with Gasteiger partial charge in [0.05, 0.1) is 0 Å². The molecule has 2 amide bonds. The van der Waals surface area contributed by atoms with Gasteiger partial charge in [-0.1, -0.05) is 6.07 Å². The zero-order valence-corrected chi connectivity index (χ0v) is 16.8. The second kappa shape index (κ2) is 7.82. The van der Waals surface area contributed by atoms with Gasteiger partial charge in [0.25, 0.3) is 0 Å². The molecule has 0 radical (unpaired) electrons. The highest BCUT2D eigenvalue weighted by Gasteiger charge is 2.22. The average molecular weight is 368 g/mol. The topological polar surface area (TPSA) is 64.6 Å². The van der Waals surface area contributed by atoms with Crippen LogP contribution in [0.1, 0.15) is 17.0 Å². The molecule has 0 spiro atoms. The van der Waals surface area contributed by atoms with Crippen LogP contribution in [0.3, 0.4) is 0 Å².